The number of nitrogens with zero attached hydrogens (tertiary/aromatic N) is 4. The van der Waals surface area contributed by atoms with E-state index in [1.807, 2.05) is 24.0 Å². The van der Waals surface area contributed by atoms with Crippen molar-refractivity contribution in [2.45, 2.75) is 25.4 Å². The number of aryl methyl sites for hydroxylation is 1. The molecule has 3 heterocycles. The van der Waals surface area contributed by atoms with Crippen molar-refractivity contribution in [3.8, 4) is 0 Å². The van der Waals surface area contributed by atoms with Gasteiger partial charge in [-0.1, -0.05) is 6.07 Å². The lowest BCUT2D eigenvalue weighted by molar-refractivity contribution is 0.249. The van der Waals surface area contributed by atoms with E-state index < -0.39 is 0 Å². The molecule has 0 radical (unpaired) electrons. The van der Waals surface area contributed by atoms with Crippen LogP contribution in [0.4, 0.5) is 4.39 Å². The third-order valence-electron chi connectivity index (χ3n) is 4.65. The Labute approximate surface area is 134 Å². The normalized spacial score (nSPS) is 18.8. The van der Waals surface area contributed by atoms with Gasteiger partial charge in [0.2, 0.25) is 0 Å². The van der Waals surface area contributed by atoms with Crippen LogP contribution >= 0.6 is 0 Å². The monoisotopic (exact) mass is 310 g/mol. The summed E-state index contributed by atoms with van der Waals surface area (Å²) >= 11 is 0. The van der Waals surface area contributed by atoms with E-state index in [2.05, 4.69) is 21.2 Å². The number of hydrogen-bond acceptors (Lipinski definition) is 3. The van der Waals surface area contributed by atoms with Crippen LogP contribution in [0, 0.1) is 5.82 Å². The lowest BCUT2D eigenvalue weighted by Gasteiger charge is -2.24. The van der Waals surface area contributed by atoms with Crippen LogP contribution in [-0.2, 0) is 13.6 Å². The number of halogens is 1. The zero-order chi connectivity index (χ0) is 15.8. The molecular weight excluding hydrogens is 291 g/mol. The highest BCUT2D eigenvalue weighted by Crippen LogP contribution is 2.33. The molecule has 0 bridgehead atoms. The molecule has 0 saturated carbocycles. The minimum absolute atomic E-state index is 0.206. The van der Waals surface area contributed by atoms with Crippen LogP contribution in [0.3, 0.4) is 0 Å². The van der Waals surface area contributed by atoms with Gasteiger partial charge in [-0.2, -0.15) is 5.10 Å². The minimum Gasteiger partial charge on any atom is -0.292 e. The third kappa shape index (κ3) is 2.61. The van der Waals surface area contributed by atoms with Crippen molar-refractivity contribution in [3.05, 3.63) is 59.8 Å². The molecule has 1 aliphatic heterocycles. The van der Waals surface area contributed by atoms with Crippen molar-refractivity contribution in [1.82, 2.24) is 19.7 Å². The molecule has 1 atom stereocenters. The largest absolute Gasteiger partial charge is 0.292 e. The maximum atomic E-state index is 14.0. The average Bonchev–Trinajstić information content (AvgIpc) is 3.19. The number of pyridine rings is 1. The Balaban J connectivity index is 1.66. The van der Waals surface area contributed by atoms with Crippen LogP contribution < -0.4 is 0 Å². The molecule has 118 valence electrons. The molecule has 0 amide bonds. The van der Waals surface area contributed by atoms with Gasteiger partial charge in [0, 0.05) is 43.0 Å². The summed E-state index contributed by atoms with van der Waals surface area (Å²) in [6.45, 7) is 1.83. The molecule has 0 aliphatic carbocycles. The van der Waals surface area contributed by atoms with Gasteiger partial charge in [-0.25, -0.2) is 4.39 Å². The summed E-state index contributed by atoms with van der Waals surface area (Å²) in [5.41, 5.74) is 3.10. The quantitative estimate of drug-likeness (QED) is 0.743. The first-order chi connectivity index (χ1) is 11.2. The average molecular weight is 310 g/mol. The van der Waals surface area contributed by atoms with Crippen molar-refractivity contribution in [1.29, 1.82) is 0 Å². The van der Waals surface area contributed by atoms with Crippen LogP contribution in [0.5, 0.6) is 0 Å². The van der Waals surface area contributed by atoms with Crippen molar-refractivity contribution in [3.63, 3.8) is 0 Å². The van der Waals surface area contributed by atoms with Gasteiger partial charge in [0.15, 0.2) is 0 Å². The lowest BCUT2D eigenvalue weighted by atomic mass is 10.1. The van der Waals surface area contributed by atoms with Crippen molar-refractivity contribution >= 4 is 10.9 Å². The van der Waals surface area contributed by atoms with Gasteiger partial charge < -0.3 is 0 Å². The van der Waals surface area contributed by atoms with Gasteiger partial charge >= 0.3 is 0 Å². The van der Waals surface area contributed by atoms with Crippen molar-refractivity contribution < 1.29 is 4.39 Å². The second-order valence-corrected chi connectivity index (χ2v) is 6.18. The Morgan fingerprint density at radius 2 is 2.22 bits per heavy atom. The molecular formula is C18H19FN4. The fourth-order valence-electron chi connectivity index (χ4n) is 3.55. The number of benzene rings is 1. The van der Waals surface area contributed by atoms with Gasteiger partial charge in [-0.05, 0) is 43.1 Å². The van der Waals surface area contributed by atoms with Gasteiger partial charge in [-0.3, -0.25) is 14.6 Å². The molecule has 1 aromatic carbocycles. The van der Waals surface area contributed by atoms with Crippen LogP contribution in [0.1, 0.15) is 30.0 Å². The Morgan fingerprint density at radius 3 is 3.04 bits per heavy atom. The van der Waals surface area contributed by atoms with Crippen LogP contribution in [0.2, 0.25) is 0 Å². The molecule has 4 nitrogen and oxygen atoms in total. The molecule has 0 spiro atoms. The van der Waals surface area contributed by atoms with Crippen LogP contribution in [0.15, 0.2) is 42.9 Å². The zero-order valence-electron chi connectivity index (χ0n) is 13.1. The maximum Gasteiger partial charge on any atom is 0.132 e. The molecule has 0 N–H and O–H groups in total. The number of aromatic nitrogens is 3. The summed E-state index contributed by atoms with van der Waals surface area (Å²) in [6, 6.07) is 7.37. The summed E-state index contributed by atoms with van der Waals surface area (Å²) in [5, 5.41) is 4.89. The SMILES string of the molecule is Cn1cc([C@@H]2CCCN2Cc2ccc(F)c3cccnc23)cn1. The summed E-state index contributed by atoms with van der Waals surface area (Å²) in [7, 11) is 1.94. The smallest absolute Gasteiger partial charge is 0.132 e. The van der Waals surface area contributed by atoms with Gasteiger partial charge in [0.25, 0.3) is 0 Å². The highest BCUT2D eigenvalue weighted by molar-refractivity contribution is 5.82. The molecule has 1 saturated heterocycles. The second kappa shape index (κ2) is 5.74. The Bertz CT molecular complexity index is 842. The first-order valence-corrected chi connectivity index (χ1v) is 7.97. The first-order valence-electron chi connectivity index (χ1n) is 7.97. The zero-order valence-corrected chi connectivity index (χ0v) is 13.1. The fraction of sp³-hybridized carbons (Fsp3) is 0.333. The summed E-state index contributed by atoms with van der Waals surface area (Å²) in [5.74, 6) is -0.206. The van der Waals surface area contributed by atoms with E-state index in [4.69, 9.17) is 0 Å². The van der Waals surface area contributed by atoms with Crippen molar-refractivity contribution in [2.24, 2.45) is 7.05 Å². The van der Waals surface area contributed by atoms with Crippen LogP contribution in [-0.4, -0.2) is 26.2 Å². The molecule has 23 heavy (non-hydrogen) atoms. The molecule has 0 unspecified atom stereocenters. The Kier molecular flexibility index (Phi) is 3.58. The predicted octanol–water partition coefficient (Wildman–Crippen LogP) is 3.44. The van der Waals surface area contributed by atoms with Crippen molar-refractivity contribution in [2.75, 3.05) is 6.54 Å². The lowest BCUT2D eigenvalue weighted by Crippen LogP contribution is -2.22. The molecule has 2 aromatic heterocycles. The van der Waals surface area contributed by atoms with E-state index >= 15 is 0 Å². The molecule has 1 aliphatic rings. The number of rotatable bonds is 3. The molecule has 5 heteroatoms. The minimum atomic E-state index is -0.206. The highest BCUT2D eigenvalue weighted by atomic mass is 19.1. The molecule has 4 rings (SSSR count). The number of likely N-dealkylation sites (tertiary alicyclic amines) is 1. The Hall–Kier alpha value is -2.27. The summed E-state index contributed by atoms with van der Waals surface area (Å²) in [4.78, 5) is 6.85. The van der Waals surface area contributed by atoms with E-state index in [-0.39, 0.29) is 5.82 Å². The number of hydrogen-bond donors (Lipinski definition) is 0. The van der Waals surface area contributed by atoms with Gasteiger partial charge in [-0.15, -0.1) is 0 Å². The maximum absolute atomic E-state index is 14.0. The van der Waals surface area contributed by atoms with Gasteiger partial charge in [0.1, 0.15) is 5.82 Å². The first kappa shape index (κ1) is 14.3. The van der Waals surface area contributed by atoms with E-state index in [9.17, 15) is 4.39 Å². The van der Waals surface area contributed by atoms with Gasteiger partial charge in [0.05, 0.1) is 11.7 Å². The van der Waals surface area contributed by atoms with E-state index in [0.29, 0.717) is 11.4 Å². The van der Waals surface area contributed by atoms with Crippen LogP contribution in [0.25, 0.3) is 10.9 Å². The van der Waals surface area contributed by atoms with E-state index in [1.165, 1.54) is 12.0 Å². The highest BCUT2D eigenvalue weighted by Gasteiger charge is 2.27. The molecule has 3 aromatic rings. The summed E-state index contributed by atoms with van der Waals surface area (Å²) in [6.07, 6.45) is 8.08. The summed E-state index contributed by atoms with van der Waals surface area (Å²) < 4.78 is 15.8. The fourth-order valence-corrected chi connectivity index (χ4v) is 3.55. The predicted molar refractivity (Wildman–Crippen MR) is 87.3 cm³/mol. The van der Waals surface area contributed by atoms with E-state index in [0.717, 1.165) is 30.6 Å². The van der Waals surface area contributed by atoms with E-state index in [1.54, 1.807) is 24.4 Å². The Morgan fingerprint density at radius 1 is 1.30 bits per heavy atom. The molecule has 1 fully saturated rings. The topological polar surface area (TPSA) is 34.0 Å². The number of fused-ring (bicyclic) bond motifs is 1. The third-order valence-corrected chi connectivity index (χ3v) is 4.65. The standard InChI is InChI=1S/C18H19FN4/c1-22-11-14(10-21-22)17-5-3-9-23(17)12-13-6-7-16(19)15-4-2-8-20-18(13)15/h2,4,6-8,10-11,17H,3,5,9,12H2,1H3/t17-/m0/s1. The second-order valence-electron chi connectivity index (χ2n) is 6.18.